The fraction of sp³-hybridized carbons (Fsp3) is 0.409. The summed E-state index contributed by atoms with van der Waals surface area (Å²) in [4.78, 5) is 6.04. The highest BCUT2D eigenvalue weighted by atomic mass is 32.1. The lowest BCUT2D eigenvalue weighted by Crippen LogP contribution is -2.13. The summed E-state index contributed by atoms with van der Waals surface area (Å²) in [5.74, 6) is 0.973. The van der Waals surface area contributed by atoms with E-state index in [1.54, 1.807) is 11.3 Å². The van der Waals surface area contributed by atoms with Crippen LogP contribution >= 0.6 is 11.3 Å². The molecule has 3 rings (SSSR count). The minimum Gasteiger partial charge on any atom is -0.489 e. The number of hydrogen-bond acceptors (Lipinski definition) is 3. The number of benzene rings is 1. The first-order valence-electron chi connectivity index (χ1n) is 9.09. The SMILES string of the molecule is CCC(CC)Oc1ccnc2c(-c3c(C)cc(C)cc3C)c(C)sc12. The molecule has 0 spiro atoms. The Bertz CT molecular complexity index is 883. The van der Waals surface area contributed by atoms with E-state index in [1.807, 2.05) is 12.3 Å². The molecule has 0 bridgehead atoms. The molecule has 0 radical (unpaired) electrons. The van der Waals surface area contributed by atoms with E-state index in [1.165, 1.54) is 37.4 Å². The number of thiophene rings is 1. The van der Waals surface area contributed by atoms with Crippen LogP contribution in [0.5, 0.6) is 5.75 Å². The van der Waals surface area contributed by atoms with Crippen molar-refractivity contribution in [3.05, 3.63) is 46.0 Å². The smallest absolute Gasteiger partial charge is 0.140 e. The van der Waals surface area contributed by atoms with Crippen molar-refractivity contribution in [1.82, 2.24) is 4.98 Å². The van der Waals surface area contributed by atoms with E-state index in [4.69, 9.17) is 9.72 Å². The molecule has 0 N–H and O–H groups in total. The number of aromatic nitrogens is 1. The second kappa shape index (κ2) is 7.17. The van der Waals surface area contributed by atoms with Gasteiger partial charge in [0.05, 0.1) is 16.3 Å². The largest absolute Gasteiger partial charge is 0.489 e. The first-order chi connectivity index (χ1) is 12.0. The molecule has 0 aliphatic carbocycles. The van der Waals surface area contributed by atoms with E-state index in [0.29, 0.717) is 0 Å². The number of fused-ring (bicyclic) bond motifs is 1. The van der Waals surface area contributed by atoms with Crippen LogP contribution < -0.4 is 4.74 Å². The molecule has 2 heterocycles. The van der Waals surface area contributed by atoms with Crippen LogP contribution in [0.4, 0.5) is 0 Å². The van der Waals surface area contributed by atoms with Crippen molar-refractivity contribution in [2.45, 2.75) is 60.5 Å². The lowest BCUT2D eigenvalue weighted by molar-refractivity contribution is 0.195. The van der Waals surface area contributed by atoms with Crippen LogP contribution in [0.3, 0.4) is 0 Å². The Morgan fingerprint density at radius 3 is 2.24 bits per heavy atom. The maximum Gasteiger partial charge on any atom is 0.140 e. The van der Waals surface area contributed by atoms with Crippen molar-refractivity contribution in [3.63, 3.8) is 0 Å². The van der Waals surface area contributed by atoms with Gasteiger partial charge in [-0.1, -0.05) is 31.5 Å². The van der Waals surface area contributed by atoms with Crippen molar-refractivity contribution in [2.24, 2.45) is 0 Å². The monoisotopic (exact) mass is 353 g/mol. The Morgan fingerprint density at radius 2 is 1.64 bits per heavy atom. The second-order valence-electron chi connectivity index (χ2n) is 6.85. The summed E-state index contributed by atoms with van der Waals surface area (Å²) in [6.45, 7) is 13.1. The molecule has 2 nitrogen and oxygen atoms in total. The minimum atomic E-state index is 0.263. The summed E-state index contributed by atoms with van der Waals surface area (Å²) in [6, 6.07) is 6.53. The molecule has 0 aliphatic rings. The minimum absolute atomic E-state index is 0.263. The summed E-state index contributed by atoms with van der Waals surface area (Å²) >= 11 is 1.80. The Morgan fingerprint density at radius 1 is 1.00 bits per heavy atom. The van der Waals surface area contributed by atoms with E-state index in [-0.39, 0.29) is 6.10 Å². The molecular weight excluding hydrogens is 326 g/mol. The van der Waals surface area contributed by atoms with Crippen LogP contribution in [0, 0.1) is 27.7 Å². The average molecular weight is 354 g/mol. The number of aryl methyl sites for hydroxylation is 4. The zero-order chi connectivity index (χ0) is 18.1. The van der Waals surface area contributed by atoms with Gasteiger partial charge >= 0.3 is 0 Å². The lowest BCUT2D eigenvalue weighted by Gasteiger charge is -2.16. The van der Waals surface area contributed by atoms with Crippen LogP contribution in [-0.2, 0) is 0 Å². The van der Waals surface area contributed by atoms with Gasteiger partial charge in [0.2, 0.25) is 0 Å². The summed E-state index contributed by atoms with van der Waals surface area (Å²) < 4.78 is 7.45. The maximum absolute atomic E-state index is 6.28. The average Bonchev–Trinajstić information content (AvgIpc) is 2.89. The number of nitrogens with zero attached hydrogens (tertiary/aromatic N) is 1. The highest BCUT2D eigenvalue weighted by molar-refractivity contribution is 7.20. The first-order valence-corrected chi connectivity index (χ1v) is 9.90. The van der Waals surface area contributed by atoms with Crippen molar-refractivity contribution >= 4 is 21.6 Å². The molecule has 0 fully saturated rings. The van der Waals surface area contributed by atoms with Gasteiger partial charge in [0, 0.05) is 16.6 Å². The number of hydrogen-bond donors (Lipinski definition) is 0. The summed E-state index contributed by atoms with van der Waals surface area (Å²) in [5, 5.41) is 0. The fourth-order valence-electron chi connectivity index (χ4n) is 3.67. The third-order valence-corrected chi connectivity index (χ3v) is 5.95. The lowest BCUT2D eigenvalue weighted by atomic mass is 9.93. The van der Waals surface area contributed by atoms with Crippen molar-refractivity contribution in [1.29, 1.82) is 0 Å². The highest BCUT2D eigenvalue weighted by Gasteiger charge is 2.19. The van der Waals surface area contributed by atoms with E-state index < -0.39 is 0 Å². The topological polar surface area (TPSA) is 22.1 Å². The van der Waals surface area contributed by atoms with E-state index in [2.05, 4.69) is 53.7 Å². The Kier molecular flexibility index (Phi) is 5.14. The molecule has 3 heteroatoms. The third kappa shape index (κ3) is 3.30. The highest BCUT2D eigenvalue weighted by Crippen LogP contribution is 2.43. The van der Waals surface area contributed by atoms with Gasteiger partial charge in [-0.3, -0.25) is 4.98 Å². The normalized spacial score (nSPS) is 11.5. The molecule has 132 valence electrons. The molecule has 0 amide bonds. The fourth-order valence-corrected chi connectivity index (χ4v) is 4.75. The summed E-state index contributed by atoms with van der Waals surface area (Å²) in [7, 11) is 0. The predicted octanol–water partition coefficient (Wildman–Crippen LogP) is 6.76. The zero-order valence-electron chi connectivity index (χ0n) is 16.1. The van der Waals surface area contributed by atoms with Gasteiger partial charge in [0.15, 0.2) is 0 Å². The summed E-state index contributed by atoms with van der Waals surface area (Å²) in [6.07, 6.45) is 4.19. The molecule has 0 aliphatic heterocycles. The van der Waals surface area contributed by atoms with Gasteiger partial charge in [-0.2, -0.15) is 0 Å². The van der Waals surface area contributed by atoms with Gasteiger partial charge in [-0.05, 0) is 63.3 Å². The molecule has 1 aromatic carbocycles. The number of pyridine rings is 1. The zero-order valence-corrected chi connectivity index (χ0v) is 16.9. The molecule has 0 atom stereocenters. The summed E-state index contributed by atoms with van der Waals surface area (Å²) in [5.41, 5.74) is 7.59. The predicted molar refractivity (Wildman–Crippen MR) is 109 cm³/mol. The molecule has 2 aromatic heterocycles. The number of ether oxygens (including phenoxy) is 1. The Hall–Kier alpha value is -1.87. The Balaban J connectivity index is 2.21. The van der Waals surface area contributed by atoms with Gasteiger partial charge in [-0.15, -0.1) is 11.3 Å². The van der Waals surface area contributed by atoms with Crippen LogP contribution in [0.2, 0.25) is 0 Å². The molecule has 3 aromatic rings. The molecule has 0 saturated heterocycles. The standard InChI is InChI=1S/C22H27NOS/c1-7-17(8-2)24-18-9-10-23-21-20(16(6)25-22(18)21)19-14(4)11-13(3)12-15(19)5/h9-12,17H,7-8H2,1-6H3. The first kappa shape index (κ1) is 17.9. The second-order valence-corrected chi connectivity index (χ2v) is 8.07. The van der Waals surface area contributed by atoms with Crippen molar-refractivity contribution in [2.75, 3.05) is 0 Å². The van der Waals surface area contributed by atoms with Crippen LogP contribution in [0.25, 0.3) is 21.3 Å². The van der Waals surface area contributed by atoms with E-state index in [0.717, 1.165) is 24.1 Å². The van der Waals surface area contributed by atoms with Crippen LogP contribution in [0.1, 0.15) is 48.3 Å². The molecular formula is C22H27NOS. The van der Waals surface area contributed by atoms with E-state index in [9.17, 15) is 0 Å². The number of rotatable bonds is 5. The van der Waals surface area contributed by atoms with Gasteiger partial charge in [0.25, 0.3) is 0 Å². The third-order valence-electron chi connectivity index (χ3n) is 4.84. The quantitative estimate of drug-likeness (QED) is 0.505. The molecule has 25 heavy (non-hydrogen) atoms. The van der Waals surface area contributed by atoms with Crippen LogP contribution in [-0.4, -0.2) is 11.1 Å². The van der Waals surface area contributed by atoms with Crippen molar-refractivity contribution in [3.8, 4) is 16.9 Å². The van der Waals surface area contributed by atoms with Gasteiger partial charge in [0.1, 0.15) is 5.75 Å². The van der Waals surface area contributed by atoms with Gasteiger partial charge in [-0.25, -0.2) is 0 Å². The Labute approximate surface area is 154 Å². The van der Waals surface area contributed by atoms with Gasteiger partial charge < -0.3 is 4.74 Å². The maximum atomic E-state index is 6.28. The molecule has 0 saturated carbocycles. The van der Waals surface area contributed by atoms with Crippen molar-refractivity contribution < 1.29 is 4.74 Å². The van der Waals surface area contributed by atoms with E-state index >= 15 is 0 Å². The molecule has 0 unspecified atom stereocenters. The van der Waals surface area contributed by atoms with Crippen LogP contribution in [0.15, 0.2) is 24.4 Å².